The summed E-state index contributed by atoms with van der Waals surface area (Å²) in [6, 6.07) is 4.67. The normalized spacial score (nSPS) is 11.0. The zero-order valence-electron chi connectivity index (χ0n) is 11.5. The van der Waals surface area contributed by atoms with Crippen LogP contribution in [0.15, 0.2) is 41.3 Å². The highest BCUT2D eigenvalue weighted by Gasteiger charge is 2.22. The van der Waals surface area contributed by atoms with Crippen molar-refractivity contribution in [3.63, 3.8) is 0 Å². The molecule has 12 heteroatoms. The summed E-state index contributed by atoms with van der Waals surface area (Å²) in [5.74, 6) is -1.88. The molecule has 2 rings (SSSR count). The quantitative estimate of drug-likeness (QED) is 0.614. The number of phenols is 1. The predicted octanol–water partition coefficient (Wildman–Crippen LogP) is 2.15. The van der Waals surface area contributed by atoms with Crippen molar-refractivity contribution < 1.29 is 27.8 Å². The Hall–Kier alpha value is -3.28. The van der Waals surface area contributed by atoms with Gasteiger partial charge in [-0.05, 0) is 24.3 Å². The molecule has 0 aliphatic heterocycles. The largest absolute Gasteiger partial charge is 0.502 e. The minimum atomic E-state index is -4.35. The second kappa shape index (κ2) is 6.08. The van der Waals surface area contributed by atoms with Crippen molar-refractivity contribution in [3.05, 3.63) is 62.4 Å². The first-order valence-electron chi connectivity index (χ1n) is 6.06. The molecule has 0 radical (unpaired) electrons. The number of aromatic hydroxyl groups is 1. The zero-order valence-corrected chi connectivity index (χ0v) is 12.4. The molecule has 126 valence electrons. The maximum Gasteiger partial charge on any atom is 0.312 e. The van der Waals surface area contributed by atoms with E-state index in [-0.39, 0.29) is 5.69 Å². The van der Waals surface area contributed by atoms with E-state index in [1.54, 1.807) is 0 Å². The van der Waals surface area contributed by atoms with Crippen LogP contribution in [0.2, 0.25) is 0 Å². The molecule has 10 nitrogen and oxygen atoms in total. The summed E-state index contributed by atoms with van der Waals surface area (Å²) in [6.45, 7) is 0. The van der Waals surface area contributed by atoms with E-state index in [2.05, 4.69) is 0 Å². The minimum Gasteiger partial charge on any atom is -0.502 e. The Kier molecular flexibility index (Phi) is 4.33. The maximum absolute atomic E-state index is 13.2. The highest BCUT2D eigenvalue weighted by Crippen LogP contribution is 2.29. The van der Waals surface area contributed by atoms with Crippen molar-refractivity contribution >= 4 is 27.1 Å². The lowest BCUT2D eigenvalue weighted by Gasteiger charge is -2.08. The van der Waals surface area contributed by atoms with Gasteiger partial charge >= 0.3 is 11.4 Å². The Morgan fingerprint density at radius 2 is 1.62 bits per heavy atom. The van der Waals surface area contributed by atoms with Crippen LogP contribution < -0.4 is 4.72 Å². The molecule has 0 heterocycles. The first kappa shape index (κ1) is 17.1. The number of rotatable bonds is 5. The van der Waals surface area contributed by atoms with Crippen LogP contribution >= 0.6 is 0 Å². The molecule has 0 aliphatic carbocycles. The number of nitro benzene ring substituents is 2. The van der Waals surface area contributed by atoms with Crippen LogP contribution in [0.25, 0.3) is 0 Å². The second-order valence-electron chi connectivity index (χ2n) is 4.44. The smallest absolute Gasteiger partial charge is 0.312 e. The number of nitrogens with one attached hydrogen (secondary N) is 1. The number of hydrogen-bond donors (Lipinski definition) is 2. The van der Waals surface area contributed by atoms with Crippen LogP contribution in [0, 0.1) is 26.0 Å². The molecule has 0 saturated heterocycles. The summed E-state index contributed by atoms with van der Waals surface area (Å²) >= 11 is 0. The van der Waals surface area contributed by atoms with Crippen LogP contribution in [0.4, 0.5) is 21.5 Å². The van der Waals surface area contributed by atoms with E-state index in [9.17, 15) is 38.1 Å². The van der Waals surface area contributed by atoms with Crippen LogP contribution in [-0.4, -0.2) is 23.4 Å². The number of hydrogen-bond acceptors (Lipinski definition) is 7. The zero-order chi connectivity index (χ0) is 18.1. The van der Waals surface area contributed by atoms with Crippen molar-refractivity contribution in [2.75, 3.05) is 4.72 Å². The van der Waals surface area contributed by atoms with Gasteiger partial charge in [0.25, 0.3) is 10.0 Å². The fourth-order valence-electron chi connectivity index (χ4n) is 1.75. The van der Waals surface area contributed by atoms with Crippen LogP contribution in [0.5, 0.6) is 5.75 Å². The first-order chi connectivity index (χ1) is 11.1. The molecule has 2 N–H and O–H groups in total. The molecule has 0 atom stereocenters. The van der Waals surface area contributed by atoms with Gasteiger partial charge in [-0.3, -0.25) is 25.0 Å². The molecule has 0 aliphatic rings. The number of anilines is 1. The lowest BCUT2D eigenvalue weighted by Crippen LogP contribution is -2.13. The SMILES string of the molecule is O=[N+]([O-])c1cc(S(=O)(=O)Nc2ccc(F)c([N+](=O)[O-])c2)ccc1O. The first-order valence-corrected chi connectivity index (χ1v) is 7.54. The number of halogens is 1. The highest BCUT2D eigenvalue weighted by molar-refractivity contribution is 7.92. The Morgan fingerprint density at radius 3 is 2.21 bits per heavy atom. The molecule has 0 saturated carbocycles. The molecular weight excluding hydrogens is 349 g/mol. The molecule has 0 bridgehead atoms. The lowest BCUT2D eigenvalue weighted by atomic mass is 10.3. The van der Waals surface area contributed by atoms with Gasteiger partial charge in [-0.2, -0.15) is 4.39 Å². The third kappa shape index (κ3) is 3.38. The van der Waals surface area contributed by atoms with Crippen molar-refractivity contribution in [1.82, 2.24) is 0 Å². The standard InChI is InChI=1S/C12H8FN3O7S/c13-9-3-1-7(5-10(9)15(18)19)14-24(22,23)8-2-4-12(17)11(6-8)16(20)21/h1-6,14,17H. The Labute approximate surface area is 133 Å². The van der Waals surface area contributed by atoms with Gasteiger partial charge in [0, 0.05) is 12.1 Å². The third-order valence-corrected chi connectivity index (χ3v) is 4.23. The molecular formula is C12H8FN3O7S. The van der Waals surface area contributed by atoms with Crippen LogP contribution in [-0.2, 0) is 10.0 Å². The summed E-state index contributed by atoms with van der Waals surface area (Å²) in [7, 11) is -4.35. The number of sulfonamides is 1. The fraction of sp³-hybridized carbons (Fsp3) is 0. The van der Waals surface area contributed by atoms with Gasteiger partial charge in [0.05, 0.1) is 20.4 Å². The summed E-state index contributed by atoms with van der Waals surface area (Å²) in [5.41, 5.74) is -2.08. The predicted molar refractivity (Wildman–Crippen MR) is 78.6 cm³/mol. The fourth-order valence-corrected chi connectivity index (χ4v) is 2.82. The van der Waals surface area contributed by atoms with E-state index in [1.165, 1.54) is 0 Å². The Balaban J connectivity index is 2.42. The molecule has 24 heavy (non-hydrogen) atoms. The molecule has 0 aromatic heterocycles. The summed E-state index contributed by atoms with van der Waals surface area (Å²) < 4.78 is 39.5. The maximum atomic E-state index is 13.2. The summed E-state index contributed by atoms with van der Waals surface area (Å²) in [6.07, 6.45) is 0. The molecule has 2 aromatic rings. The van der Waals surface area contributed by atoms with Gasteiger partial charge in [0.2, 0.25) is 5.82 Å². The van der Waals surface area contributed by atoms with Crippen molar-refractivity contribution in [3.8, 4) is 5.75 Å². The van der Waals surface area contributed by atoms with Crippen molar-refractivity contribution in [2.24, 2.45) is 0 Å². The minimum absolute atomic E-state index is 0.307. The molecule has 0 fully saturated rings. The van der Waals surface area contributed by atoms with Crippen LogP contribution in [0.3, 0.4) is 0 Å². The molecule has 0 unspecified atom stereocenters. The average Bonchev–Trinajstić information content (AvgIpc) is 2.48. The Morgan fingerprint density at radius 1 is 1.00 bits per heavy atom. The van der Waals surface area contributed by atoms with E-state index >= 15 is 0 Å². The van der Waals surface area contributed by atoms with Gasteiger partial charge in [0.1, 0.15) is 0 Å². The van der Waals surface area contributed by atoms with E-state index in [0.717, 1.165) is 18.2 Å². The highest BCUT2D eigenvalue weighted by atomic mass is 32.2. The van der Waals surface area contributed by atoms with Gasteiger partial charge in [-0.25, -0.2) is 8.42 Å². The molecule has 2 aromatic carbocycles. The van der Waals surface area contributed by atoms with E-state index in [1.807, 2.05) is 4.72 Å². The number of nitrogens with zero attached hydrogens (tertiary/aromatic N) is 2. The number of nitro groups is 2. The third-order valence-electron chi connectivity index (χ3n) is 2.85. The van der Waals surface area contributed by atoms with Crippen LogP contribution in [0.1, 0.15) is 0 Å². The lowest BCUT2D eigenvalue weighted by molar-refractivity contribution is -0.387. The summed E-state index contributed by atoms with van der Waals surface area (Å²) in [5, 5.41) is 30.7. The van der Waals surface area contributed by atoms with Crippen molar-refractivity contribution in [1.29, 1.82) is 0 Å². The summed E-state index contributed by atoms with van der Waals surface area (Å²) in [4.78, 5) is 18.8. The van der Waals surface area contributed by atoms with E-state index < -0.39 is 47.7 Å². The van der Waals surface area contributed by atoms with E-state index in [0.29, 0.717) is 18.2 Å². The van der Waals surface area contributed by atoms with E-state index in [4.69, 9.17) is 0 Å². The second-order valence-corrected chi connectivity index (χ2v) is 6.12. The van der Waals surface area contributed by atoms with Crippen molar-refractivity contribution in [2.45, 2.75) is 4.90 Å². The molecule has 0 spiro atoms. The Bertz CT molecular complexity index is 946. The monoisotopic (exact) mass is 357 g/mol. The number of benzene rings is 2. The van der Waals surface area contributed by atoms with Gasteiger partial charge in [-0.15, -0.1) is 0 Å². The number of phenolic OH excluding ortho intramolecular Hbond substituents is 1. The topological polar surface area (TPSA) is 153 Å². The van der Waals surface area contributed by atoms with Gasteiger partial charge in [-0.1, -0.05) is 0 Å². The molecule has 0 amide bonds. The van der Waals surface area contributed by atoms with Gasteiger partial charge < -0.3 is 5.11 Å². The average molecular weight is 357 g/mol. The van der Waals surface area contributed by atoms with Gasteiger partial charge in [0.15, 0.2) is 5.75 Å².